The molecule has 0 fully saturated rings. The Balaban J connectivity index is 1.88. The number of ether oxygens (including phenoxy) is 1. The second-order valence-corrected chi connectivity index (χ2v) is 9.41. The number of fused-ring (bicyclic) bond motifs is 1. The number of anilines is 1. The molecule has 9 heteroatoms. The summed E-state index contributed by atoms with van der Waals surface area (Å²) in [5.74, 6) is 0.821. The van der Waals surface area contributed by atoms with Gasteiger partial charge in [-0.2, -0.15) is 5.26 Å². The zero-order valence-corrected chi connectivity index (χ0v) is 21.0. The van der Waals surface area contributed by atoms with Crippen LogP contribution in [0.25, 0.3) is 10.9 Å². The molecule has 34 heavy (non-hydrogen) atoms. The first-order chi connectivity index (χ1) is 16.3. The molecule has 1 heterocycles. The Bertz CT molecular complexity index is 1250. The molecule has 0 aliphatic carbocycles. The number of rotatable bonds is 10. The van der Waals surface area contributed by atoms with E-state index in [-0.39, 0.29) is 36.1 Å². The monoisotopic (exact) mass is 498 g/mol. The molecule has 3 aromatic rings. The fourth-order valence-corrected chi connectivity index (χ4v) is 4.52. The Morgan fingerprint density at radius 2 is 2.00 bits per heavy atom. The average Bonchev–Trinajstić information content (AvgIpc) is 2.81. The molecule has 0 radical (unpaired) electrons. The van der Waals surface area contributed by atoms with E-state index in [1.54, 1.807) is 51.9 Å². The summed E-state index contributed by atoms with van der Waals surface area (Å²) in [5.41, 5.74) is 1.05. The number of nitrogens with zero attached hydrogens (tertiary/aromatic N) is 4. The van der Waals surface area contributed by atoms with Gasteiger partial charge in [-0.25, -0.2) is 4.98 Å². The van der Waals surface area contributed by atoms with Crippen LogP contribution in [0.2, 0.25) is 5.02 Å². The zero-order chi connectivity index (χ0) is 24.7. The third kappa shape index (κ3) is 6.31. The minimum atomic E-state index is -0.177. The number of thioether (sulfide) groups is 1. The number of hydrogen-bond acceptors (Lipinski definition) is 6. The van der Waals surface area contributed by atoms with Crippen molar-refractivity contribution < 1.29 is 9.53 Å². The van der Waals surface area contributed by atoms with Gasteiger partial charge in [-0.1, -0.05) is 37.2 Å². The van der Waals surface area contributed by atoms with Gasteiger partial charge < -0.3 is 9.64 Å². The van der Waals surface area contributed by atoms with Crippen molar-refractivity contribution >= 4 is 45.9 Å². The van der Waals surface area contributed by atoms with E-state index in [1.165, 1.54) is 11.8 Å². The number of nitriles is 1. The molecule has 0 aliphatic rings. The number of aromatic nitrogens is 2. The van der Waals surface area contributed by atoms with Crippen molar-refractivity contribution in [1.29, 1.82) is 5.26 Å². The van der Waals surface area contributed by atoms with Gasteiger partial charge in [0.2, 0.25) is 5.91 Å². The molecular formula is C25H27ClN4O3S. The highest BCUT2D eigenvalue weighted by Gasteiger charge is 2.19. The fraction of sp³-hybridized carbons (Fsp3) is 0.360. The molecule has 7 nitrogen and oxygen atoms in total. The van der Waals surface area contributed by atoms with Crippen molar-refractivity contribution in [2.45, 2.75) is 38.9 Å². The van der Waals surface area contributed by atoms with Crippen LogP contribution in [0.3, 0.4) is 0 Å². The van der Waals surface area contributed by atoms with Crippen molar-refractivity contribution in [2.24, 2.45) is 5.92 Å². The number of amides is 1. The minimum Gasteiger partial charge on any atom is -0.494 e. The SMILES string of the molecule is CCOc1ccc(N(CCC#N)C(=O)CSc2nc3ccc(Cl)cc3c(=O)n2CC(C)C)cc1. The Labute approximate surface area is 208 Å². The molecular weight excluding hydrogens is 472 g/mol. The van der Waals surface area contributed by atoms with E-state index in [9.17, 15) is 9.59 Å². The van der Waals surface area contributed by atoms with Crippen LogP contribution in [0, 0.1) is 17.2 Å². The molecule has 0 spiro atoms. The second kappa shape index (κ2) is 11.9. The highest BCUT2D eigenvalue weighted by atomic mass is 35.5. The molecule has 0 aliphatic heterocycles. The van der Waals surface area contributed by atoms with Crippen molar-refractivity contribution in [3.63, 3.8) is 0 Å². The smallest absolute Gasteiger partial charge is 0.262 e. The van der Waals surface area contributed by atoms with Gasteiger partial charge in [0.05, 0.1) is 35.8 Å². The predicted octanol–water partition coefficient (Wildman–Crippen LogP) is 5.14. The number of carbonyl (C=O) groups excluding carboxylic acids is 1. The first-order valence-electron chi connectivity index (χ1n) is 11.1. The molecule has 178 valence electrons. The third-order valence-corrected chi connectivity index (χ3v) is 6.16. The number of benzene rings is 2. The summed E-state index contributed by atoms with van der Waals surface area (Å²) in [6, 6.07) is 14.3. The van der Waals surface area contributed by atoms with Gasteiger partial charge in [0.1, 0.15) is 5.75 Å². The molecule has 1 aromatic heterocycles. The standard InChI is InChI=1S/C25H27ClN4O3S/c1-4-33-20-9-7-19(8-10-20)29(13-5-12-27)23(31)16-34-25-28-22-11-6-18(26)14-21(22)24(32)30(25)15-17(2)3/h6-11,14,17H,4-5,13,15-16H2,1-3H3. The first kappa shape index (κ1) is 25.6. The normalized spacial score (nSPS) is 10.9. The predicted molar refractivity (Wildman–Crippen MR) is 137 cm³/mol. The van der Waals surface area contributed by atoms with Crippen LogP contribution in [0.4, 0.5) is 5.69 Å². The van der Waals surface area contributed by atoms with Gasteiger partial charge in [0, 0.05) is 23.8 Å². The summed E-state index contributed by atoms with van der Waals surface area (Å²) in [7, 11) is 0. The van der Waals surface area contributed by atoms with Crippen LogP contribution in [-0.2, 0) is 11.3 Å². The van der Waals surface area contributed by atoms with Crippen molar-refractivity contribution in [2.75, 3.05) is 23.8 Å². The Kier molecular flexibility index (Phi) is 8.97. The summed E-state index contributed by atoms with van der Waals surface area (Å²) < 4.78 is 7.09. The molecule has 2 aromatic carbocycles. The molecule has 0 saturated heterocycles. The largest absolute Gasteiger partial charge is 0.494 e. The van der Waals surface area contributed by atoms with E-state index < -0.39 is 0 Å². The minimum absolute atomic E-state index is 0.0717. The van der Waals surface area contributed by atoms with Crippen LogP contribution in [0.5, 0.6) is 5.75 Å². The molecule has 0 unspecified atom stereocenters. The summed E-state index contributed by atoms with van der Waals surface area (Å²) in [6.07, 6.45) is 0.205. The quantitative estimate of drug-likeness (QED) is 0.284. The lowest BCUT2D eigenvalue weighted by molar-refractivity contribution is -0.116. The fourth-order valence-electron chi connectivity index (χ4n) is 3.46. The van der Waals surface area contributed by atoms with Gasteiger partial charge in [0.15, 0.2) is 5.16 Å². The molecule has 3 rings (SSSR count). The van der Waals surface area contributed by atoms with Crippen LogP contribution in [-0.4, -0.2) is 34.4 Å². The molecule has 0 atom stereocenters. The van der Waals surface area contributed by atoms with Gasteiger partial charge in [0.25, 0.3) is 5.56 Å². The number of hydrogen-bond donors (Lipinski definition) is 0. The Morgan fingerprint density at radius 3 is 2.65 bits per heavy atom. The maximum absolute atomic E-state index is 13.2. The van der Waals surface area contributed by atoms with Crippen LogP contribution in [0.1, 0.15) is 27.2 Å². The van der Waals surface area contributed by atoms with Gasteiger partial charge in [-0.3, -0.25) is 14.2 Å². The van der Waals surface area contributed by atoms with E-state index in [0.717, 1.165) is 0 Å². The van der Waals surface area contributed by atoms with E-state index in [4.69, 9.17) is 21.6 Å². The van der Waals surface area contributed by atoms with Gasteiger partial charge in [-0.05, 0) is 55.3 Å². The molecule has 1 amide bonds. The number of halogens is 1. The number of carbonyl (C=O) groups is 1. The highest BCUT2D eigenvalue weighted by molar-refractivity contribution is 7.99. The average molecular weight is 499 g/mol. The van der Waals surface area contributed by atoms with Crippen LogP contribution in [0.15, 0.2) is 52.4 Å². The molecule has 0 bridgehead atoms. The topological polar surface area (TPSA) is 88.2 Å². The van der Waals surface area contributed by atoms with Crippen molar-refractivity contribution in [1.82, 2.24) is 9.55 Å². The van der Waals surface area contributed by atoms with E-state index in [1.807, 2.05) is 20.8 Å². The highest BCUT2D eigenvalue weighted by Crippen LogP contribution is 2.24. The maximum Gasteiger partial charge on any atom is 0.262 e. The van der Waals surface area contributed by atoms with Crippen molar-refractivity contribution in [3.05, 3.63) is 57.8 Å². The lowest BCUT2D eigenvalue weighted by Crippen LogP contribution is -2.33. The van der Waals surface area contributed by atoms with Gasteiger partial charge in [-0.15, -0.1) is 0 Å². The first-order valence-corrected chi connectivity index (χ1v) is 12.4. The lowest BCUT2D eigenvalue weighted by atomic mass is 10.2. The lowest BCUT2D eigenvalue weighted by Gasteiger charge is -2.22. The van der Waals surface area contributed by atoms with Crippen molar-refractivity contribution in [3.8, 4) is 11.8 Å². The molecule has 0 N–H and O–H groups in total. The molecule has 0 saturated carbocycles. The van der Waals surface area contributed by atoms with E-state index >= 15 is 0 Å². The summed E-state index contributed by atoms with van der Waals surface area (Å²) in [5, 5.41) is 10.5. The maximum atomic E-state index is 13.2. The summed E-state index contributed by atoms with van der Waals surface area (Å²) in [6.45, 7) is 7.24. The Hall–Kier alpha value is -3.02. The Morgan fingerprint density at radius 1 is 1.26 bits per heavy atom. The van der Waals surface area contributed by atoms with Crippen LogP contribution < -0.4 is 15.2 Å². The zero-order valence-electron chi connectivity index (χ0n) is 19.5. The van der Waals surface area contributed by atoms with E-state index in [2.05, 4.69) is 11.1 Å². The summed E-state index contributed by atoms with van der Waals surface area (Å²) >= 11 is 7.31. The van der Waals surface area contributed by atoms with Crippen LogP contribution >= 0.6 is 23.4 Å². The van der Waals surface area contributed by atoms with E-state index in [0.29, 0.717) is 45.7 Å². The van der Waals surface area contributed by atoms with Gasteiger partial charge >= 0.3 is 0 Å². The third-order valence-electron chi connectivity index (χ3n) is 4.96. The summed E-state index contributed by atoms with van der Waals surface area (Å²) in [4.78, 5) is 32.6. The second-order valence-electron chi connectivity index (χ2n) is 8.03.